The number of rotatable bonds is 4. The molecule has 8 heteroatoms. The van der Waals surface area contributed by atoms with E-state index in [1.165, 1.54) is 24.4 Å². The second kappa shape index (κ2) is 7.56. The molecule has 0 spiro atoms. The first kappa shape index (κ1) is 17.3. The molecule has 1 aliphatic heterocycles. The van der Waals surface area contributed by atoms with Crippen LogP contribution in [0, 0.1) is 6.20 Å². The Morgan fingerprint density at radius 1 is 1.27 bits per heavy atom. The fraction of sp³-hybridized carbons (Fsp3) is 0.167. The third kappa shape index (κ3) is 3.44. The van der Waals surface area contributed by atoms with Crippen molar-refractivity contribution >= 4 is 17.9 Å². The molecule has 8 nitrogen and oxygen atoms in total. The number of carbonyl (C=O) groups is 2. The molecule has 1 aromatic heterocycles. The SMILES string of the molecule is CCOC(=O)N1C=[C]N(c2cc(-c3ccccc3)n[nH]2)C=C1C(=O)OC. The fourth-order valence-electron chi connectivity index (χ4n) is 2.34. The number of hydrogen-bond acceptors (Lipinski definition) is 6. The van der Waals surface area contributed by atoms with Gasteiger partial charge in [0.2, 0.25) is 0 Å². The number of nitrogens with zero attached hydrogens (tertiary/aromatic N) is 3. The number of esters is 1. The van der Waals surface area contributed by atoms with Crippen molar-refractivity contribution in [2.24, 2.45) is 0 Å². The highest BCUT2D eigenvalue weighted by molar-refractivity contribution is 5.93. The summed E-state index contributed by atoms with van der Waals surface area (Å²) in [6.45, 7) is 1.86. The standard InChI is InChI=1S/C18H17N4O4/c1-3-26-18(24)22-10-9-21(12-15(22)17(23)25-2)16-11-14(19-20-16)13-7-5-4-6-8-13/h4-8,10-12H,3H2,1-2H3,(H,19,20). The van der Waals surface area contributed by atoms with E-state index in [0.717, 1.165) is 16.2 Å². The highest BCUT2D eigenvalue weighted by Crippen LogP contribution is 2.25. The largest absolute Gasteiger partial charge is 0.464 e. The van der Waals surface area contributed by atoms with E-state index in [4.69, 9.17) is 9.47 Å². The average molecular weight is 353 g/mol. The van der Waals surface area contributed by atoms with Crippen molar-refractivity contribution < 1.29 is 19.1 Å². The van der Waals surface area contributed by atoms with Crippen LogP contribution in [0.25, 0.3) is 11.3 Å². The van der Waals surface area contributed by atoms with Crippen LogP contribution in [0.2, 0.25) is 0 Å². The molecule has 1 radical (unpaired) electrons. The van der Waals surface area contributed by atoms with Crippen molar-refractivity contribution in [3.63, 3.8) is 0 Å². The monoisotopic (exact) mass is 353 g/mol. The minimum atomic E-state index is -0.689. The van der Waals surface area contributed by atoms with E-state index < -0.39 is 12.1 Å². The molecule has 0 bridgehead atoms. The summed E-state index contributed by atoms with van der Waals surface area (Å²) in [5.41, 5.74) is 1.69. The number of amides is 1. The van der Waals surface area contributed by atoms with Crippen LogP contribution >= 0.6 is 0 Å². The van der Waals surface area contributed by atoms with E-state index in [-0.39, 0.29) is 12.3 Å². The topological polar surface area (TPSA) is 87.8 Å². The van der Waals surface area contributed by atoms with Crippen molar-refractivity contribution in [3.8, 4) is 11.3 Å². The van der Waals surface area contributed by atoms with Gasteiger partial charge < -0.3 is 9.47 Å². The molecular formula is C18H17N4O4. The van der Waals surface area contributed by atoms with Crippen molar-refractivity contribution in [2.45, 2.75) is 6.92 Å². The van der Waals surface area contributed by atoms with Crippen LogP contribution in [-0.4, -0.2) is 40.9 Å². The summed E-state index contributed by atoms with van der Waals surface area (Å²) < 4.78 is 9.69. The summed E-state index contributed by atoms with van der Waals surface area (Å²) >= 11 is 0. The first-order valence-electron chi connectivity index (χ1n) is 7.89. The molecule has 2 heterocycles. The number of anilines is 1. The second-order valence-corrected chi connectivity index (χ2v) is 5.21. The Bertz CT molecular complexity index is 857. The fourth-order valence-corrected chi connectivity index (χ4v) is 2.34. The number of hydrogen-bond donors (Lipinski definition) is 1. The van der Waals surface area contributed by atoms with Gasteiger partial charge in [-0.15, -0.1) is 0 Å². The molecule has 0 saturated heterocycles. The van der Waals surface area contributed by atoms with Gasteiger partial charge in [-0.1, -0.05) is 30.3 Å². The normalized spacial score (nSPS) is 13.4. The summed E-state index contributed by atoms with van der Waals surface area (Å²) in [5, 5.41) is 7.15. The van der Waals surface area contributed by atoms with Gasteiger partial charge in [0.25, 0.3) is 0 Å². The van der Waals surface area contributed by atoms with E-state index >= 15 is 0 Å². The summed E-state index contributed by atoms with van der Waals surface area (Å²) in [7, 11) is 1.24. The molecule has 0 fully saturated rings. The van der Waals surface area contributed by atoms with Crippen LogP contribution < -0.4 is 4.90 Å². The smallest absolute Gasteiger partial charge is 0.418 e. The molecular weight excluding hydrogens is 336 g/mol. The van der Waals surface area contributed by atoms with Crippen LogP contribution in [-0.2, 0) is 14.3 Å². The predicted molar refractivity (Wildman–Crippen MR) is 93.3 cm³/mol. The average Bonchev–Trinajstić information content (AvgIpc) is 3.18. The van der Waals surface area contributed by atoms with Gasteiger partial charge in [0, 0.05) is 24.0 Å². The minimum Gasteiger partial charge on any atom is -0.464 e. The number of aromatic amines is 1. The molecule has 1 N–H and O–H groups in total. The van der Waals surface area contributed by atoms with Gasteiger partial charge in [-0.25, -0.2) is 14.5 Å². The lowest BCUT2D eigenvalue weighted by molar-refractivity contribution is -0.137. The third-order valence-electron chi connectivity index (χ3n) is 3.59. The Morgan fingerprint density at radius 2 is 2.04 bits per heavy atom. The summed E-state index contributed by atoms with van der Waals surface area (Å²) in [6.07, 6.45) is 4.92. The molecule has 26 heavy (non-hydrogen) atoms. The highest BCUT2D eigenvalue weighted by Gasteiger charge is 2.28. The maximum Gasteiger partial charge on any atom is 0.418 e. The lowest BCUT2D eigenvalue weighted by atomic mass is 10.1. The van der Waals surface area contributed by atoms with E-state index in [9.17, 15) is 9.59 Å². The van der Waals surface area contributed by atoms with Gasteiger partial charge in [-0.2, -0.15) is 5.10 Å². The number of carbonyl (C=O) groups excluding carboxylic acids is 2. The van der Waals surface area contributed by atoms with Crippen LogP contribution in [0.4, 0.5) is 10.6 Å². The van der Waals surface area contributed by atoms with Gasteiger partial charge in [0.15, 0.2) is 5.70 Å². The quantitative estimate of drug-likeness (QED) is 0.850. The zero-order valence-electron chi connectivity index (χ0n) is 14.3. The first-order valence-corrected chi connectivity index (χ1v) is 7.89. The number of nitrogens with one attached hydrogen (secondary N) is 1. The molecule has 1 amide bonds. The maximum absolute atomic E-state index is 12.0. The molecule has 3 rings (SSSR count). The molecule has 1 aliphatic rings. The van der Waals surface area contributed by atoms with Gasteiger partial charge in [0.1, 0.15) is 5.82 Å². The third-order valence-corrected chi connectivity index (χ3v) is 3.59. The van der Waals surface area contributed by atoms with E-state index in [0.29, 0.717) is 5.82 Å². The van der Waals surface area contributed by atoms with E-state index in [1.807, 2.05) is 36.4 Å². The maximum atomic E-state index is 12.0. The van der Waals surface area contributed by atoms with Crippen LogP contribution in [0.5, 0.6) is 0 Å². The lowest BCUT2D eigenvalue weighted by Crippen LogP contribution is -2.35. The van der Waals surface area contributed by atoms with Gasteiger partial charge in [-0.05, 0) is 6.92 Å². The van der Waals surface area contributed by atoms with Crippen molar-refractivity contribution in [1.82, 2.24) is 15.1 Å². The van der Waals surface area contributed by atoms with E-state index in [1.54, 1.807) is 6.92 Å². The Kier molecular flexibility index (Phi) is 5.02. The molecule has 1 aromatic carbocycles. The summed E-state index contributed by atoms with van der Waals surface area (Å²) in [5.74, 6) is -0.103. The molecule has 0 atom stereocenters. The Balaban J connectivity index is 1.88. The Labute approximate surface area is 150 Å². The lowest BCUT2D eigenvalue weighted by Gasteiger charge is -2.25. The zero-order chi connectivity index (χ0) is 18.5. The van der Waals surface area contributed by atoms with Crippen LogP contribution in [0.1, 0.15) is 6.92 Å². The molecule has 0 saturated carbocycles. The van der Waals surface area contributed by atoms with Crippen LogP contribution in [0.3, 0.4) is 0 Å². The molecule has 0 aliphatic carbocycles. The number of H-pyrrole nitrogens is 1. The summed E-state index contributed by atoms with van der Waals surface area (Å²) in [4.78, 5) is 26.6. The molecule has 2 aromatic rings. The predicted octanol–water partition coefficient (Wildman–Crippen LogP) is 2.64. The number of ether oxygens (including phenoxy) is 2. The molecule has 0 unspecified atom stereocenters. The molecule has 133 valence electrons. The minimum absolute atomic E-state index is 0.000520. The van der Waals surface area contributed by atoms with Crippen molar-refractivity contribution in [3.05, 3.63) is 60.7 Å². The van der Waals surface area contributed by atoms with Crippen LogP contribution in [0.15, 0.2) is 54.5 Å². The highest BCUT2D eigenvalue weighted by atomic mass is 16.6. The van der Waals surface area contributed by atoms with Crippen molar-refractivity contribution in [1.29, 1.82) is 0 Å². The first-order chi connectivity index (χ1) is 12.6. The van der Waals surface area contributed by atoms with Gasteiger partial charge in [-0.3, -0.25) is 10.00 Å². The number of aromatic nitrogens is 2. The summed E-state index contributed by atoms with van der Waals surface area (Å²) in [6, 6.07) is 11.4. The Morgan fingerprint density at radius 3 is 2.73 bits per heavy atom. The number of methoxy groups -OCH3 is 1. The van der Waals surface area contributed by atoms with Crippen molar-refractivity contribution in [2.75, 3.05) is 18.6 Å². The Hall–Kier alpha value is -3.55. The second-order valence-electron chi connectivity index (χ2n) is 5.21. The zero-order valence-corrected chi connectivity index (χ0v) is 14.3. The van der Waals surface area contributed by atoms with Gasteiger partial charge in [0.05, 0.1) is 25.6 Å². The van der Waals surface area contributed by atoms with Gasteiger partial charge >= 0.3 is 12.1 Å². The number of benzene rings is 1. The van der Waals surface area contributed by atoms with E-state index in [2.05, 4.69) is 16.4 Å².